The first-order chi connectivity index (χ1) is 12.5. The zero-order valence-corrected chi connectivity index (χ0v) is 18.0. The van der Waals surface area contributed by atoms with Gasteiger partial charge in [-0.05, 0) is 52.0 Å². The van der Waals surface area contributed by atoms with Crippen molar-refractivity contribution in [3.8, 4) is 17.2 Å². The highest BCUT2D eigenvalue weighted by Crippen LogP contribution is 2.47. The molecule has 0 radical (unpaired) electrons. The van der Waals surface area contributed by atoms with Gasteiger partial charge in [0, 0.05) is 16.7 Å². The number of hydrogen-bond acceptors (Lipinski definition) is 4. The molecule has 4 nitrogen and oxygen atoms in total. The SMILES string of the molecule is COc1cc(Cl)ccc1Oc1c(Cl)cc(C2OC(C)(C)C(C)(C)O2)cc1Cl. The highest BCUT2D eigenvalue weighted by molar-refractivity contribution is 6.37. The molecule has 1 saturated heterocycles. The Morgan fingerprint density at radius 1 is 0.852 bits per heavy atom. The Balaban J connectivity index is 1.91. The molecule has 0 bridgehead atoms. The van der Waals surface area contributed by atoms with Crippen molar-refractivity contribution in [1.82, 2.24) is 0 Å². The van der Waals surface area contributed by atoms with E-state index in [1.807, 2.05) is 27.7 Å². The van der Waals surface area contributed by atoms with Gasteiger partial charge in [0.2, 0.25) is 0 Å². The predicted octanol–water partition coefficient (Wildman–Crippen LogP) is 7.05. The Kier molecular flexibility index (Phi) is 5.59. The first kappa shape index (κ1) is 20.6. The van der Waals surface area contributed by atoms with Crippen molar-refractivity contribution < 1.29 is 18.9 Å². The summed E-state index contributed by atoms with van der Waals surface area (Å²) in [5, 5.41) is 1.21. The van der Waals surface area contributed by atoms with Gasteiger partial charge in [-0.15, -0.1) is 0 Å². The van der Waals surface area contributed by atoms with Gasteiger partial charge in [-0.2, -0.15) is 0 Å². The van der Waals surface area contributed by atoms with E-state index in [4.69, 9.17) is 53.8 Å². The zero-order chi connectivity index (χ0) is 20.0. The van der Waals surface area contributed by atoms with Crippen LogP contribution in [0.1, 0.15) is 39.5 Å². The number of hydrogen-bond donors (Lipinski definition) is 0. The lowest BCUT2D eigenvalue weighted by Gasteiger charge is -2.30. The fourth-order valence-electron chi connectivity index (χ4n) is 2.63. The van der Waals surface area contributed by atoms with Crippen molar-refractivity contribution >= 4 is 34.8 Å². The summed E-state index contributed by atoms with van der Waals surface area (Å²) >= 11 is 18.9. The van der Waals surface area contributed by atoms with E-state index in [1.165, 1.54) is 7.11 Å². The molecule has 0 amide bonds. The van der Waals surface area contributed by atoms with Crippen LogP contribution in [0.2, 0.25) is 15.1 Å². The van der Waals surface area contributed by atoms with Gasteiger partial charge in [-0.25, -0.2) is 0 Å². The van der Waals surface area contributed by atoms with E-state index < -0.39 is 17.5 Å². The van der Waals surface area contributed by atoms with Crippen molar-refractivity contribution in [2.75, 3.05) is 7.11 Å². The van der Waals surface area contributed by atoms with Crippen LogP contribution in [0.25, 0.3) is 0 Å². The summed E-state index contributed by atoms with van der Waals surface area (Å²) < 4.78 is 23.3. The average molecular weight is 432 g/mol. The van der Waals surface area contributed by atoms with Crippen LogP contribution in [0.4, 0.5) is 0 Å². The zero-order valence-electron chi connectivity index (χ0n) is 15.7. The van der Waals surface area contributed by atoms with E-state index in [0.29, 0.717) is 32.3 Å². The van der Waals surface area contributed by atoms with E-state index in [-0.39, 0.29) is 0 Å². The summed E-state index contributed by atoms with van der Waals surface area (Å²) in [5.41, 5.74) is -0.190. The number of ether oxygens (including phenoxy) is 4. The van der Waals surface area contributed by atoms with Crippen LogP contribution in [0.5, 0.6) is 17.2 Å². The molecule has 2 aromatic carbocycles. The van der Waals surface area contributed by atoms with Crippen molar-refractivity contribution in [2.45, 2.75) is 45.2 Å². The molecule has 0 spiro atoms. The minimum absolute atomic E-state index is 0.319. The topological polar surface area (TPSA) is 36.9 Å². The maximum absolute atomic E-state index is 6.44. The third-order valence-electron chi connectivity index (χ3n) is 4.88. The van der Waals surface area contributed by atoms with Gasteiger partial charge in [-0.1, -0.05) is 34.8 Å². The number of rotatable bonds is 4. The molecule has 0 N–H and O–H groups in total. The van der Waals surface area contributed by atoms with Crippen LogP contribution in [0, 0.1) is 0 Å². The summed E-state index contributed by atoms with van der Waals surface area (Å²) in [7, 11) is 1.53. The van der Waals surface area contributed by atoms with Gasteiger partial charge in [0.25, 0.3) is 0 Å². The molecule has 0 saturated carbocycles. The van der Waals surface area contributed by atoms with Gasteiger partial charge < -0.3 is 18.9 Å². The van der Waals surface area contributed by atoms with E-state index in [2.05, 4.69) is 0 Å². The molecule has 1 heterocycles. The van der Waals surface area contributed by atoms with Crippen molar-refractivity contribution in [1.29, 1.82) is 0 Å². The van der Waals surface area contributed by atoms with E-state index in [9.17, 15) is 0 Å². The molecule has 3 rings (SSSR count). The van der Waals surface area contributed by atoms with Crippen molar-refractivity contribution in [2.24, 2.45) is 0 Å². The predicted molar refractivity (Wildman–Crippen MR) is 108 cm³/mol. The molecular weight excluding hydrogens is 411 g/mol. The molecule has 0 aromatic heterocycles. The van der Waals surface area contributed by atoms with Gasteiger partial charge >= 0.3 is 0 Å². The lowest BCUT2D eigenvalue weighted by molar-refractivity contribution is -0.0895. The quantitative estimate of drug-likeness (QED) is 0.519. The molecule has 0 atom stereocenters. The van der Waals surface area contributed by atoms with E-state index in [0.717, 1.165) is 5.56 Å². The normalized spacial score (nSPS) is 18.5. The number of halogens is 3. The summed E-state index contributed by atoms with van der Waals surface area (Å²) in [6.45, 7) is 7.95. The number of benzene rings is 2. The number of methoxy groups -OCH3 is 1. The van der Waals surface area contributed by atoms with Crippen LogP contribution in [0.15, 0.2) is 30.3 Å². The van der Waals surface area contributed by atoms with Gasteiger partial charge in [0.1, 0.15) is 0 Å². The second kappa shape index (κ2) is 7.34. The molecule has 7 heteroatoms. The molecule has 0 aliphatic carbocycles. The highest BCUT2D eigenvalue weighted by Gasteiger charge is 2.49. The second-order valence-corrected chi connectivity index (χ2v) is 8.55. The second-order valence-electron chi connectivity index (χ2n) is 7.30. The Bertz CT molecular complexity index is 825. The lowest BCUT2D eigenvalue weighted by atomic mass is 9.90. The molecule has 27 heavy (non-hydrogen) atoms. The largest absolute Gasteiger partial charge is 0.493 e. The summed E-state index contributed by atoms with van der Waals surface area (Å²) in [5.74, 6) is 1.25. The molecule has 1 aliphatic rings. The monoisotopic (exact) mass is 430 g/mol. The lowest BCUT2D eigenvalue weighted by Crippen LogP contribution is -2.41. The Morgan fingerprint density at radius 3 is 1.93 bits per heavy atom. The van der Waals surface area contributed by atoms with Gasteiger partial charge in [0.05, 0.1) is 28.4 Å². The molecule has 1 aliphatic heterocycles. The van der Waals surface area contributed by atoms with Gasteiger partial charge in [-0.3, -0.25) is 0 Å². The summed E-state index contributed by atoms with van der Waals surface area (Å²) in [4.78, 5) is 0. The fraction of sp³-hybridized carbons (Fsp3) is 0.400. The molecule has 0 unspecified atom stereocenters. The van der Waals surface area contributed by atoms with Crippen molar-refractivity contribution in [3.63, 3.8) is 0 Å². The minimum Gasteiger partial charge on any atom is -0.493 e. The fourth-order valence-corrected chi connectivity index (χ4v) is 3.37. The summed E-state index contributed by atoms with van der Waals surface area (Å²) in [6.07, 6.45) is -0.566. The maximum atomic E-state index is 6.44. The van der Waals surface area contributed by atoms with E-state index >= 15 is 0 Å². The standard InChI is InChI=1S/C20H21Cl3O4/c1-19(2)20(3,4)27-18(26-19)11-8-13(22)17(14(23)9-11)25-15-7-6-12(21)10-16(15)24-5/h6-10,18H,1-5H3. The molecule has 146 valence electrons. The maximum Gasteiger partial charge on any atom is 0.185 e. The Morgan fingerprint density at radius 2 is 1.41 bits per heavy atom. The van der Waals surface area contributed by atoms with Crippen molar-refractivity contribution in [3.05, 3.63) is 51.0 Å². The average Bonchev–Trinajstić information content (AvgIpc) is 2.79. The minimum atomic E-state index is -0.566. The van der Waals surface area contributed by atoms with Crippen LogP contribution in [-0.2, 0) is 9.47 Å². The third kappa shape index (κ3) is 4.01. The Labute approximate surface area is 174 Å². The smallest absolute Gasteiger partial charge is 0.185 e. The first-order valence-corrected chi connectivity index (χ1v) is 9.53. The Hall–Kier alpha value is -1.17. The third-order valence-corrected chi connectivity index (χ3v) is 5.68. The van der Waals surface area contributed by atoms with Crippen LogP contribution in [0.3, 0.4) is 0 Å². The summed E-state index contributed by atoms with van der Waals surface area (Å²) in [6, 6.07) is 8.49. The van der Waals surface area contributed by atoms with Crippen LogP contribution < -0.4 is 9.47 Å². The first-order valence-electron chi connectivity index (χ1n) is 8.40. The van der Waals surface area contributed by atoms with Crippen LogP contribution >= 0.6 is 34.8 Å². The molecule has 2 aromatic rings. The molecule has 1 fully saturated rings. The van der Waals surface area contributed by atoms with E-state index in [1.54, 1.807) is 30.3 Å². The van der Waals surface area contributed by atoms with Gasteiger partial charge in [0.15, 0.2) is 23.5 Å². The highest BCUT2D eigenvalue weighted by atomic mass is 35.5. The van der Waals surface area contributed by atoms with Crippen LogP contribution in [-0.4, -0.2) is 18.3 Å². The molecular formula is C20H21Cl3O4.